The Hall–Kier alpha value is -1.39. The summed E-state index contributed by atoms with van der Waals surface area (Å²) < 4.78 is 4.15. The lowest BCUT2D eigenvalue weighted by Crippen LogP contribution is -2.16. The topological polar surface area (TPSA) is 58.6 Å². The zero-order valence-corrected chi connectivity index (χ0v) is 20.1. The van der Waals surface area contributed by atoms with Crippen molar-refractivity contribution in [1.82, 2.24) is 5.32 Å². The lowest BCUT2D eigenvalue weighted by molar-refractivity contribution is -0.128. The fourth-order valence-electron chi connectivity index (χ4n) is 3.20. The highest BCUT2D eigenvalue weighted by Gasteiger charge is 2.17. The van der Waals surface area contributed by atoms with Crippen LogP contribution in [-0.4, -0.2) is 36.9 Å². The highest BCUT2D eigenvalue weighted by atomic mass is 16.5. The third-order valence-electron chi connectivity index (χ3n) is 4.43. The smallest absolute Gasteiger partial charge is 0.293 e. The standard InChI is InChI=1S/C15H23N.C4H10O.C3H6O2.C2H6/c1-5-13-10(2)11(3)14-6-8-16-9-7-15(14)12(13)4;1-4(2,3)5;1-2-5-3-4;1-2/h16H,5-9H2,1-4H3;5H,1-3H3;3H,2H2,1H3;1-2H3. The van der Waals surface area contributed by atoms with Crippen LogP contribution in [0.25, 0.3) is 0 Å². The molecule has 0 atom stereocenters. The Morgan fingerprint density at radius 2 is 1.39 bits per heavy atom. The van der Waals surface area contributed by atoms with Gasteiger partial charge >= 0.3 is 0 Å². The summed E-state index contributed by atoms with van der Waals surface area (Å²) in [6.07, 6.45) is 3.57. The first-order valence-electron chi connectivity index (χ1n) is 10.7. The van der Waals surface area contributed by atoms with Gasteiger partial charge in [-0.15, -0.1) is 0 Å². The monoisotopic (exact) mass is 395 g/mol. The first kappa shape index (κ1) is 28.8. The maximum absolute atomic E-state index is 9.18. The molecule has 2 N–H and O–H groups in total. The average Bonchev–Trinajstić information content (AvgIpc) is 2.88. The highest BCUT2D eigenvalue weighted by Crippen LogP contribution is 2.29. The highest BCUT2D eigenvalue weighted by molar-refractivity contribution is 5.51. The van der Waals surface area contributed by atoms with Crippen LogP contribution < -0.4 is 5.32 Å². The van der Waals surface area contributed by atoms with Gasteiger partial charge in [0.1, 0.15) is 0 Å². The molecule has 0 fully saturated rings. The Kier molecular flexibility index (Phi) is 16.0. The second-order valence-corrected chi connectivity index (χ2v) is 7.64. The molecule has 0 amide bonds. The lowest BCUT2D eigenvalue weighted by Gasteiger charge is -2.20. The summed E-state index contributed by atoms with van der Waals surface area (Å²) in [6.45, 7) is 23.4. The van der Waals surface area contributed by atoms with E-state index in [1.165, 1.54) is 24.8 Å². The molecule has 4 heteroatoms. The summed E-state index contributed by atoms with van der Waals surface area (Å²) in [5.41, 5.74) is 8.96. The summed E-state index contributed by atoms with van der Waals surface area (Å²) in [4.78, 5) is 9.18. The van der Waals surface area contributed by atoms with Crippen molar-refractivity contribution < 1.29 is 14.6 Å². The summed E-state index contributed by atoms with van der Waals surface area (Å²) >= 11 is 0. The summed E-state index contributed by atoms with van der Waals surface area (Å²) in [5, 5.41) is 12.0. The van der Waals surface area contributed by atoms with Gasteiger partial charge in [0.25, 0.3) is 6.47 Å². The van der Waals surface area contributed by atoms with Gasteiger partial charge in [-0.3, -0.25) is 4.79 Å². The second kappa shape index (κ2) is 15.5. The van der Waals surface area contributed by atoms with Gasteiger partial charge < -0.3 is 15.2 Å². The number of fused-ring (bicyclic) bond motifs is 1. The zero-order chi connectivity index (χ0) is 22.3. The van der Waals surface area contributed by atoms with Crippen LogP contribution in [0.4, 0.5) is 0 Å². The molecule has 0 aromatic heterocycles. The van der Waals surface area contributed by atoms with E-state index in [2.05, 4.69) is 37.7 Å². The van der Waals surface area contributed by atoms with Gasteiger partial charge in [-0.1, -0.05) is 20.8 Å². The number of hydrogen-bond donors (Lipinski definition) is 2. The summed E-state index contributed by atoms with van der Waals surface area (Å²) in [5.74, 6) is 0. The number of aliphatic hydroxyl groups is 1. The minimum absolute atomic E-state index is 0.431. The van der Waals surface area contributed by atoms with E-state index in [1.54, 1.807) is 55.5 Å². The number of rotatable bonds is 3. The molecule has 1 heterocycles. The molecule has 0 bridgehead atoms. The molecule has 0 unspecified atom stereocenters. The van der Waals surface area contributed by atoms with E-state index in [-0.39, 0.29) is 0 Å². The quantitative estimate of drug-likeness (QED) is 0.719. The van der Waals surface area contributed by atoms with Gasteiger partial charge in [0.05, 0.1) is 12.2 Å². The molecule has 0 saturated heterocycles. The van der Waals surface area contributed by atoms with Crippen molar-refractivity contribution in [1.29, 1.82) is 0 Å². The van der Waals surface area contributed by atoms with Crippen molar-refractivity contribution in [2.75, 3.05) is 19.7 Å². The fraction of sp³-hybridized carbons (Fsp3) is 0.708. The third kappa shape index (κ3) is 11.5. The van der Waals surface area contributed by atoms with Crippen LogP contribution in [0.2, 0.25) is 0 Å². The minimum Gasteiger partial charge on any atom is -0.468 e. The van der Waals surface area contributed by atoms with Gasteiger partial charge in [0.2, 0.25) is 0 Å². The Balaban J connectivity index is 0. The molecule has 0 aliphatic carbocycles. The third-order valence-corrected chi connectivity index (χ3v) is 4.43. The van der Waals surface area contributed by atoms with Crippen LogP contribution in [0.3, 0.4) is 0 Å². The number of benzene rings is 1. The van der Waals surface area contributed by atoms with Gasteiger partial charge in [-0.25, -0.2) is 0 Å². The second-order valence-electron chi connectivity index (χ2n) is 7.64. The Morgan fingerprint density at radius 1 is 0.964 bits per heavy atom. The van der Waals surface area contributed by atoms with E-state index in [1.807, 2.05) is 13.8 Å². The Morgan fingerprint density at radius 3 is 1.71 bits per heavy atom. The van der Waals surface area contributed by atoms with Crippen LogP contribution in [-0.2, 0) is 28.8 Å². The van der Waals surface area contributed by atoms with E-state index in [9.17, 15) is 4.79 Å². The summed E-state index contributed by atoms with van der Waals surface area (Å²) in [6, 6.07) is 0. The predicted molar refractivity (Wildman–Crippen MR) is 121 cm³/mol. The van der Waals surface area contributed by atoms with Crippen molar-refractivity contribution >= 4 is 6.47 Å². The Bertz CT molecular complexity index is 554. The molecule has 1 aromatic rings. The van der Waals surface area contributed by atoms with Crippen LogP contribution in [0.1, 0.15) is 81.8 Å². The first-order chi connectivity index (χ1) is 13.1. The van der Waals surface area contributed by atoms with E-state index < -0.39 is 5.60 Å². The van der Waals surface area contributed by atoms with E-state index in [0.29, 0.717) is 13.1 Å². The maximum atomic E-state index is 9.18. The molecule has 4 nitrogen and oxygen atoms in total. The van der Waals surface area contributed by atoms with Crippen molar-refractivity contribution in [2.45, 2.75) is 94.1 Å². The molecule has 1 aromatic carbocycles. The Labute approximate surface area is 174 Å². The van der Waals surface area contributed by atoms with Crippen molar-refractivity contribution in [3.05, 3.63) is 33.4 Å². The first-order valence-corrected chi connectivity index (χ1v) is 10.7. The minimum atomic E-state index is -0.500. The van der Waals surface area contributed by atoms with Gasteiger partial charge in [-0.2, -0.15) is 0 Å². The summed E-state index contributed by atoms with van der Waals surface area (Å²) in [7, 11) is 0. The van der Waals surface area contributed by atoms with E-state index in [4.69, 9.17) is 5.11 Å². The van der Waals surface area contributed by atoms with Crippen LogP contribution in [0.5, 0.6) is 0 Å². The van der Waals surface area contributed by atoms with Gasteiger partial charge in [-0.05, 0) is 114 Å². The van der Waals surface area contributed by atoms with E-state index in [0.717, 1.165) is 13.1 Å². The number of carbonyl (C=O) groups excluding carboxylic acids is 1. The molecular formula is C24H45NO3. The number of nitrogens with one attached hydrogen (secondary N) is 1. The van der Waals surface area contributed by atoms with Crippen molar-refractivity contribution in [2.24, 2.45) is 0 Å². The average molecular weight is 396 g/mol. The predicted octanol–water partition coefficient (Wildman–Crippen LogP) is 4.85. The van der Waals surface area contributed by atoms with Crippen LogP contribution >= 0.6 is 0 Å². The number of carbonyl (C=O) groups is 1. The van der Waals surface area contributed by atoms with Crippen molar-refractivity contribution in [3.63, 3.8) is 0 Å². The van der Waals surface area contributed by atoms with Crippen LogP contribution in [0.15, 0.2) is 0 Å². The van der Waals surface area contributed by atoms with E-state index >= 15 is 0 Å². The molecular weight excluding hydrogens is 350 g/mol. The molecule has 0 spiro atoms. The maximum Gasteiger partial charge on any atom is 0.293 e. The van der Waals surface area contributed by atoms with Gasteiger partial charge in [0, 0.05) is 0 Å². The van der Waals surface area contributed by atoms with Crippen molar-refractivity contribution in [3.8, 4) is 0 Å². The molecule has 0 saturated carbocycles. The SMILES string of the molecule is CC.CC(C)(C)O.CCOC=O.CCc1c(C)c(C)c2c(c1C)CCNCC2. The molecule has 1 aliphatic rings. The number of hydrogen-bond acceptors (Lipinski definition) is 4. The molecule has 0 radical (unpaired) electrons. The van der Waals surface area contributed by atoms with Crippen LogP contribution in [0, 0.1) is 20.8 Å². The van der Waals surface area contributed by atoms with Gasteiger partial charge in [0.15, 0.2) is 0 Å². The zero-order valence-electron chi connectivity index (χ0n) is 20.1. The number of ether oxygens (including phenoxy) is 1. The molecule has 164 valence electrons. The molecule has 28 heavy (non-hydrogen) atoms. The normalized spacial score (nSPS) is 12.5. The lowest BCUT2D eigenvalue weighted by atomic mass is 9.85. The fourth-order valence-corrected chi connectivity index (χ4v) is 3.20. The largest absolute Gasteiger partial charge is 0.468 e. The molecule has 2 rings (SSSR count). The molecule has 1 aliphatic heterocycles.